The van der Waals surface area contributed by atoms with Crippen molar-refractivity contribution in [1.82, 2.24) is 0 Å². The smallest absolute Gasteiger partial charge is 0.290 e. The monoisotopic (exact) mass is 116 g/mol. The molecule has 0 aromatic carbocycles. The van der Waals surface area contributed by atoms with Crippen molar-refractivity contribution < 1.29 is 9.90 Å². The molecular weight excluding hydrogens is 112 g/mol. The minimum Gasteiger partial charge on any atom is -0.483 e. The summed E-state index contributed by atoms with van der Waals surface area (Å²) in [5, 5.41) is 20.0. The highest BCUT2D eigenvalue weighted by Crippen LogP contribution is 1.87. The van der Waals surface area contributed by atoms with Crippen molar-refractivity contribution in [3.8, 4) is 0 Å². The highest BCUT2D eigenvalue weighted by molar-refractivity contribution is 5.32. The van der Waals surface area contributed by atoms with Crippen LogP contribution in [0.1, 0.15) is 0 Å². The highest BCUT2D eigenvalue weighted by atomic mass is 16.3. The largest absolute Gasteiger partial charge is 0.483 e. The molecule has 0 unspecified atom stereocenters. The number of carboxylic acid groups (broad SMARTS) is 1. The Bertz CT molecular complexity index is 98.6. The van der Waals surface area contributed by atoms with E-state index >= 15 is 0 Å². The van der Waals surface area contributed by atoms with Gasteiger partial charge < -0.3 is 5.11 Å². The zero-order valence-electron chi connectivity index (χ0n) is 3.93. The molecule has 0 aliphatic carbocycles. The van der Waals surface area contributed by atoms with Crippen LogP contribution < -0.4 is 0 Å². The molecule has 0 saturated carbocycles. The Labute approximate surface area is 44.9 Å². The van der Waals surface area contributed by atoms with Gasteiger partial charge in [0.1, 0.15) is 0 Å². The lowest BCUT2D eigenvalue weighted by atomic mass is 11.2. The van der Waals surface area contributed by atoms with Crippen molar-refractivity contribution in [3.05, 3.63) is 0 Å². The third kappa shape index (κ3) is 4.67. The van der Waals surface area contributed by atoms with Crippen molar-refractivity contribution >= 4 is 6.47 Å². The van der Waals surface area contributed by atoms with E-state index in [1.807, 2.05) is 0 Å². The predicted molar refractivity (Wildman–Crippen MR) is 23.3 cm³/mol. The van der Waals surface area contributed by atoms with Crippen molar-refractivity contribution in [2.45, 2.75) is 0 Å². The molecule has 0 amide bonds. The molecule has 1 N–H and O–H groups in total. The van der Waals surface area contributed by atoms with Crippen LogP contribution in [0.4, 0.5) is 0 Å². The molecule has 0 atom stereocenters. The Hall–Kier alpha value is -1.33. The molecule has 0 radical (unpaired) electrons. The maximum absolute atomic E-state index is 8.36. The molecule has 0 bridgehead atoms. The van der Waals surface area contributed by atoms with Gasteiger partial charge in [0.2, 0.25) is 0 Å². The average molecular weight is 116 g/mol. The lowest BCUT2D eigenvalue weighted by Crippen LogP contribution is -1.52. The van der Waals surface area contributed by atoms with Gasteiger partial charge in [0.05, 0.1) is 0 Å². The third-order valence-electron chi connectivity index (χ3n) is 0.293. The first kappa shape index (κ1) is 6.67. The maximum Gasteiger partial charge on any atom is 0.290 e. The molecule has 44 valence electrons. The predicted octanol–water partition coefficient (Wildman–Crippen LogP) is 0.478. The summed E-state index contributed by atoms with van der Waals surface area (Å²) in [6, 6.07) is 0. The quantitative estimate of drug-likeness (QED) is 0.466. The second-order valence-electron chi connectivity index (χ2n) is 0.709. The van der Waals surface area contributed by atoms with Crippen LogP contribution in [0.2, 0.25) is 0 Å². The topological polar surface area (TPSA) is 86.7 Å². The number of carbonyl (C=O) groups is 1. The fraction of sp³-hybridized carbons (Fsp3) is 0.500. The molecule has 1 heterocycles. The van der Waals surface area contributed by atoms with Gasteiger partial charge in [-0.15, -0.1) is 10.2 Å². The zero-order chi connectivity index (χ0) is 6.24. The average Bonchev–Trinajstić information content (AvgIpc) is 2.17. The second-order valence-corrected chi connectivity index (χ2v) is 0.709. The number of nitrogens with zero attached hydrogens (tertiary/aromatic N) is 4. The Kier molecular flexibility index (Phi) is 4.73. The van der Waals surface area contributed by atoms with Gasteiger partial charge >= 0.3 is 0 Å². The van der Waals surface area contributed by atoms with Crippen LogP contribution in [0.3, 0.4) is 0 Å². The lowest BCUT2D eigenvalue weighted by molar-refractivity contribution is -0.122. The van der Waals surface area contributed by atoms with Crippen molar-refractivity contribution in [2.24, 2.45) is 20.7 Å². The summed E-state index contributed by atoms with van der Waals surface area (Å²) in [5.41, 5.74) is 0. The van der Waals surface area contributed by atoms with Crippen LogP contribution in [0.25, 0.3) is 0 Å². The van der Waals surface area contributed by atoms with Gasteiger partial charge in [-0.25, -0.2) is 0 Å². The van der Waals surface area contributed by atoms with Crippen LogP contribution in [-0.2, 0) is 4.79 Å². The first-order chi connectivity index (χ1) is 3.91. The summed E-state index contributed by atoms with van der Waals surface area (Å²) in [6.45, 7) is 0.167. The van der Waals surface area contributed by atoms with Crippen molar-refractivity contribution in [1.29, 1.82) is 0 Å². The van der Waals surface area contributed by atoms with E-state index in [9.17, 15) is 0 Å². The molecule has 1 aliphatic rings. The number of hydrogen-bond acceptors (Lipinski definition) is 5. The molecule has 0 aromatic rings. The molecule has 0 aromatic heterocycles. The van der Waals surface area contributed by atoms with Gasteiger partial charge in [-0.3, -0.25) is 4.79 Å². The SMILES string of the molecule is C1N=NN=N1.O=CO. The summed E-state index contributed by atoms with van der Waals surface area (Å²) in [4.78, 5) is 8.36. The number of rotatable bonds is 0. The van der Waals surface area contributed by atoms with Crippen molar-refractivity contribution in [3.63, 3.8) is 0 Å². The van der Waals surface area contributed by atoms with Crippen LogP contribution in [-0.4, -0.2) is 18.2 Å². The van der Waals surface area contributed by atoms with Gasteiger partial charge in [0, 0.05) is 0 Å². The van der Waals surface area contributed by atoms with Gasteiger partial charge in [-0.05, 0) is 10.4 Å². The Morgan fingerprint density at radius 1 is 1.38 bits per heavy atom. The standard InChI is InChI=1S/CH2N4.CH2O2/c1-2-4-5-3-1;2-1-3/h1H2;1H,(H,2,3). The van der Waals surface area contributed by atoms with E-state index in [0.717, 1.165) is 0 Å². The fourth-order valence-electron chi connectivity index (χ4n) is 0.141. The molecule has 1 rings (SSSR count). The number of hydrogen-bond donors (Lipinski definition) is 1. The van der Waals surface area contributed by atoms with Crippen LogP contribution in [0.15, 0.2) is 20.7 Å². The summed E-state index contributed by atoms with van der Waals surface area (Å²) < 4.78 is 0. The van der Waals surface area contributed by atoms with E-state index in [-0.39, 0.29) is 6.47 Å². The Morgan fingerprint density at radius 3 is 1.88 bits per heavy atom. The van der Waals surface area contributed by atoms with E-state index in [1.165, 1.54) is 0 Å². The summed E-state index contributed by atoms with van der Waals surface area (Å²) in [7, 11) is 0. The van der Waals surface area contributed by atoms with E-state index in [1.54, 1.807) is 0 Å². The van der Waals surface area contributed by atoms with Gasteiger partial charge in [0.15, 0.2) is 6.67 Å². The first-order valence-corrected chi connectivity index (χ1v) is 1.73. The summed E-state index contributed by atoms with van der Waals surface area (Å²) in [6.07, 6.45) is 0. The normalized spacial score (nSPS) is 12.5. The minimum absolute atomic E-state index is 0.250. The Morgan fingerprint density at radius 2 is 1.75 bits per heavy atom. The molecule has 6 heteroatoms. The minimum atomic E-state index is -0.250. The lowest BCUT2D eigenvalue weighted by Gasteiger charge is -1.52. The highest BCUT2D eigenvalue weighted by Gasteiger charge is 1.76. The van der Waals surface area contributed by atoms with E-state index in [0.29, 0.717) is 6.67 Å². The van der Waals surface area contributed by atoms with Gasteiger partial charge in [-0.2, -0.15) is 0 Å². The molecule has 8 heavy (non-hydrogen) atoms. The third-order valence-corrected chi connectivity index (χ3v) is 0.293. The Balaban J connectivity index is 0.000000145. The maximum atomic E-state index is 8.36. The van der Waals surface area contributed by atoms with Crippen LogP contribution in [0.5, 0.6) is 0 Å². The van der Waals surface area contributed by atoms with Gasteiger partial charge in [0.25, 0.3) is 6.47 Å². The van der Waals surface area contributed by atoms with Crippen LogP contribution in [0, 0.1) is 0 Å². The van der Waals surface area contributed by atoms with Crippen LogP contribution >= 0.6 is 0 Å². The van der Waals surface area contributed by atoms with E-state index in [2.05, 4.69) is 20.7 Å². The van der Waals surface area contributed by atoms with Gasteiger partial charge in [-0.1, -0.05) is 0 Å². The zero-order valence-corrected chi connectivity index (χ0v) is 3.93. The molecule has 6 nitrogen and oxygen atoms in total. The summed E-state index contributed by atoms with van der Waals surface area (Å²) >= 11 is 0. The first-order valence-electron chi connectivity index (χ1n) is 1.73. The van der Waals surface area contributed by atoms with E-state index in [4.69, 9.17) is 9.90 Å². The molecule has 1 aliphatic heterocycles. The molecule has 0 saturated heterocycles. The molecule has 0 fully saturated rings. The van der Waals surface area contributed by atoms with Crippen molar-refractivity contribution in [2.75, 3.05) is 6.67 Å². The second kappa shape index (κ2) is 5.67. The fourth-order valence-corrected chi connectivity index (χ4v) is 0.141. The molecule has 0 spiro atoms. The molecular formula is C2H4N4O2. The summed E-state index contributed by atoms with van der Waals surface area (Å²) in [5.74, 6) is 0. The van der Waals surface area contributed by atoms with E-state index < -0.39 is 0 Å².